The van der Waals surface area contributed by atoms with Crippen molar-refractivity contribution in [1.82, 2.24) is 0 Å². The molecule has 0 aromatic heterocycles. The Balaban J connectivity index is 2.24. The lowest BCUT2D eigenvalue weighted by Gasteiger charge is -2.07. The number of ether oxygens (including phenoxy) is 1. The highest BCUT2D eigenvalue weighted by Gasteiger charge is 1.97. The molecule has 1 aromatic carbocycles. The number of nitrogens with zero attached hydrogens (tertiary/aromatic N) is 1. The minimum absolute atomic E-state index is 0.457. The van der Waals surface area contributed by atoms with E-state index in [0.29, 0.717) is 18.9 Å². The number of amidine groups is 1. The molecule has 5 heteroatoms. The topological polar surface area (TPSA) is 99.6 Å². The fourth-order valence-corrected chi connectivity index (χ4v) is 1.73. The quantitative estimate of drug-likeness (QED) is 0.206. The van der Waals surface area contributed by atoms with Gasteiger partial charge in [-0.05, 0) is 49.9 Å². The summed E-state index contributed by atoms with van der Waals surface area (Å²) in [6.07, 6.45) is 4.75. The van der Waals surface area contributed by atoms with E-state index in [-0.39, 0.29) is 0 Å². The van der Waals surface area contributed by atoms with Crippen molar-refractivity contribution in [3.05, 3.63) is 29.8 Å². The summed E-state index contributed by atoms with van der Waals surface area (Å²) in [5.41, 5.74) is 12.3. The summed E-state index contributed by atoms with van der Waals surface area (Å²) in [5, 5.41) is 3.41. The van der Waals surface area contributed by atoms with Gasteiger partial charge in [0.05, 0.1) is 6.61 Å². The first-order valence-electron chi connectivity index (χ1n) is 6.70. The second-order valence-electron chi connectivity index (χ2n) is 4.46. The molecule has 0 aliphatic heterocycles. The molecule has 106 valence electrons. The Hall–Kier alpha value is -1.75. The number of nitrogens with two attached hydrogens (primary N) is 3. The molecule has 0 aliphatic rings. The van der Waals surface area contributed by atoms with Gasteiger partial charge in [0.25, 0.3) is 0 Å². The van der Waals surface area contributed by atoms with Gasteiger partial charge < -0.3 is 22.0 Å². The average molecular weight is 264 g/mol. The lowest BCUT2D eigenvalue weighted by atomic mass is 10.1. The molecule has 0 heterocycles. The van der Waals surface area contributed by atoms with Crippen LogP contribution in [0.25, 0.3) is 0 Å². The summed E-state index contributed by atoms with van der Waals surface area (Å²) in [5.74, 6) is 6.38. The molecule has 0 spiro atoms. The van der Waals surface area contributed by atoms with E-state index in [1.165, 1.54) is 5.56 Å². The van der Waals surface area contributed by atoms with Gasteiger partial charge >= 0.3 is 0 Å². The molecule has 0 atom stereocenters. The molecular formula is C14H24N4O. The predicted molar refractivity (Wildman–Crippen MR) is 79.0 cm³/mol. The minimum atomic E-state index is 0.457. The van der Waals surface area contributed by atoms with E-state index >= 15 is 0 Å². The van der Waals surface area contributed by atoms with E-state index < -0.39 is 0 Å². The maximum atomic E-state index is 5.61. The molecule has 1 aromatic rings. The lowest BCUT2D eigenvalue weighted by molar-refractivity contribution is 0.313. The van der Waals surface area contributed by atoms with Crippen molar-refractivity contribution >= 4 is 5.84 Å². The van der Waals surface area contributed by atoms with Crippen LogP contribution in [0.15, 0.2) is 29.4 Å². The average Bonchev–Trinajstić information content (AvgIpc) is 2.45. The van der Waals surface area contributed by atoms with Crippen LogP contribution in [0, 0.1) is 0 Å². The van der Waals surface area contributed by atoms with Crippen molar-refractivity contribution in [3.63, 3.8) is 0 Å². The smallest absolute Gasteiger partial charge is 0.119 e. The van der Waals surface area contributed by atoms with Gasteiger partial charge in [-0.25, -0.2) is 0 Å². The van der Waals surface area contributed by atoms with E-state index in [9.17, 15) is 0 Å². The van der Waals surface area contributed by atoms with E-state index in [1.807, 2.05) is 12.1 Å². The molecule has 5 nitrogen and oxygen atoms in total. The third-order valence-corrected chi connectivity index (χ3v) is 2.85. The molecule has 0 saturated carbocycles. The van der Waals surface area contributed by atoms with Crippen LogP contribution in [0.1, 0.15) is 31.2 Å². The molecule has 0 amide bonds. The fourth-order valence-electron chi connectivity index (χ4n) is 1.73. The first-order valence-corrected chi connectivity index (χ1v) is 6.70. The number of hydrogen-bond donors (Lipinski definition) is 3. The highest BCUT2D eigenvalue weighted by Crippen LogP contribution is 2.14. The van der Waals surface area contributed by atoms with Gasteiger partial charge in [-0.3, -0.25) is 0 Å². The van der Waals surface area contributed by atoms with Crippen molar-refractivity contribution in [2.75, 3.05) is 13.2 Å². The Kier molecular flexibility index (Phi) is 7.43. The first-order chi connectivity index (χ1) is 9.26. The predicted octanol–water partition coefficient (Wildman–Crippen LogP) is 1.36. The van der Waals surface area contributed by atoms with Gasteiger partial charge in [-0.15, -0.1) is 0 Å². The Labute approximate surface area is 114 Å². The van der Waals surface area contributed by atoms with E-state index in [2.05, 4.69) is 17.2 Å². The summed E-state index contributed by atoms with van der Waals surface area (Å²) in [4.78, 5) is 0. The van der Waals surface area contributed by atoms with Crippen LogP contribution in [-0.4, -0.2) is 19.0 Å². The summed E-state index contributed by atoms with van der Waals surface area (Å²) in [6, 6.07) is 8.19. The van der Waals surface area contributed by atoms with Crippen LogP contribution in [0.3, 0.4) is 0 Å². The van der Waals surface area contributed by atoms with E-state index in [0.717, 1.165) is 38.0 Å². The molecule has 0 fully saturated rings. The Morgan fingerprint density at radius 1 is 1.11 bits per heavy atom. The fraction of sp³-hybridized carbons (Fsp3) is 0.500. The van der Waals surface area contributed by atoms with Gasteiger partial charge in [-0.2, -0.15) is 5.10 Å². The zero-order valence-corrected chi connectivity index (χ0v) is 11.3. The van der Waals surface area contributed by atoms with Crippen molar-refractivity contribution < 1.29 is 4.74 Å². The molecule has 6 N–H and O–H groups in total. The first kappa shape index (κ1) is 15.3. The van der Waals surface area contributed by atoms with Crippen LogP contribution >= 0.6 is 0 Å². The van der Waals surface area contributed by atoms with Crippen LogP contribution < -0.4 is 22.0 Å². The molecular weight excluding hydrogens is 240 g/mol. The maximum absolute atomic E-state index is 5.61. The van der Waals surface area contributed by atoms with Crippen molar-refractivity contribution in [3.8, 4) is 5.75 Å². The highest BCUT2D eigenvalue weighted by atomic mass is 16.5. The summed E-state index contributed by atoms with van der Waals surface area (Å²) in [7, 11) is 0. The second kappa shape index (κ2) is 9.22. The van der Waals surface area contributed by atoms with Gasteiger partial charge in [0, 0.05) is 6.42 Å². The monoisotopic (exact) mass is 264 g/mol. The molecule has 1 rings (SSSR count). The summed E-state index contributed by atoms with van der Waals surface area (Å²) >= 11 is 0. The Morgan fingerprint density at radius 3 is 2.47 bits per heavy atom. The Bertz CT molecular complexity index is 376. The zero-order chi connectivity index (χ0) is 13.9. The standard InChI is InChI=1S/C14H24N4O/c15-10-2-1-4-12-6-8-13(9-7-12)19-11-3-5-14(16)18-17/h6-9H,1-5,10-11,15,17H2,(H2,16,18). The van der Waals surface area contributed by atoms with Gasteiger partial charge in [-0.1, -0.05) is 12.1 Å². The number of benzene rings is 1. The number of hydrogen-bond acceptors (Lipinski definition) is 4. The van der Waals surface area contributed by atoms with Crippen LogP contribution in [-0.2, 0) is 6.42 Å². The molecule has 0 aliphatic carbocycles. The second-order valence-corrected chi connectivity index (χ2v) is 4.46. The molecule has 19 heavy (non-hydrogen) atoms. The molecule has 0 bridgehead atoms. The minimum Gasteiger partial charge on any atom is -0.494 e. The van der Waals surface area contributed by atoms with E-state index in [1.54, 1.807) is 0 Å². The van der Waals surface area contributed by atoms with Crippen molar-refractivity contribution in [1.29, 1.82) is 0 Å². The largest absolute Gasteiger partial charge is 0.494 e. The van der Waals surface area contributed by atoms with Gasteiger partial charge in [0.1, 0.15) is 11.6 Å². The normalized spacial score (nSPS) is 11.5. The van der Waals surface area contributed by atoms with Crippen LogP contribution in [0.2, 0.25) is 0 Å². The Morgan fingerprint density at radius 2 is 1.84 bits per heavy atom. The number of hydrazone groups is 1. The van der Waals surface area contributed by atoms with Crippen molar-refractivity contribution in [2.45, 2.75) is 32.1 Å². The summed E-state index contributed by atoms with van der Waals surface area (Å²) in [6.45, 7) is 1.37. The molecule has 0 unspecified atom stereocenters. The van der Waals surface area contributed by atoms with E-state index in [4.69, 9.17) is 22.0 Å². The summed E-state index contributed by atoms with van der Waals surface area (Å²) < 4.78 is 5.61. The number of unbranched alkanes of at least 4 members (excludes halogenated alkanes) is 1. The molecule has 0 radical (unpaired) electrons. The number of aryl methyl sites for hydroxylation is 1. The lowest BCUT2D eigenvalue weighted by Crippen LogP contribution is -2.15. The van der Waals surface area contributed by atoms with Gasteiger partial charge in [0.15, 0.2) is 0 Å². The zero-order valence-electron chi connectivity index (χ0n) is 11.3. The van der Waals surface area contributed by atoms with Gasteiger partial charge in [0.2, 0.25) is 0 Å². The van der Waals surface area contributed by atoms with Crippen molar-refractivity contribution in [2.24, 2.45) is 22.4 Å². The third kappa shape index (κ3) is 6.67. The SMILES string of the molecule is NCCCCc1ccc(OCCC/C(N)=N/N)cc1. The highest BCUT2D eigenvalue weighted by molar-refractivity contribution is 5.79. The number of rotatable bonds is 9. The van der Waals surface area contributed by atoms with Crippen LogP contribution in [0.4, 0.5) is 0 Å². The third-order valence-electron chi connectivity index (χ3n) is 2.85. The van der Waals surface area contributed by atoms with Crippen LogP contribution in [0.5, 0.6) is 5.75 Å². The maximum Gasteiger partial charge on any atom is 0.119 e. The molecule has 0 saturated heterocycles.